The molecule has 1 aliphatic heterocycles. The van der Waals surface area contributed by atoms with Crippen LogP contribution in [0.25, 0.3) is 0 Å². The number of benzene rings is 1. The third kappa shape index (κ3) is 3.39. The van der Waals surface area contributed by atoms with Crippen LogP contribution in [-0.4, -0.2) is 17.8 Å². The van der Waals surface area contributed by atoms with Crippen molar-refractivity contribution >= 4 is 0 Å². The molecule has 1 saturated heterocycles. The van der Waals surface area contributed by atoms with Gasteiger partial charge in [-0.3, -0.25) is 0 Å². The van der Waals surface area contributed by atoms with Crippen LogP contribution in [0.4, 0.5) is 4.39 Å². The predicted molar refractivity (Wildman–Crippen MR) is 78.1 cm³/mol. The predicted octanol–water partition coefficient (Wildman–Crippen LogP) is 4.47. The molecule has 1 aromatic rings. The van der Waals surface area contributed by atoms with Crippen LogP contribution < -0.4 is 0 Å². The van der Waals surface area contributed by atoms with Crippen LogP contribution >= 0.6 is 0 Å². The fourth-order valence-electron chi connectivity index (χ4n) is 2.78. The lowest BCUT2D eigenvalue weighted by atomic mass is 9.94. The van der Waals surface area contributed by atoms with Crippen LogP contribution in [0, 0.1) is 5.82 Å². The maximum Gasteiger partial charge on any atom is 0.128 e. The highest BCUT2D eigenvalue weighted by atomic mass is 19.1. The average molecular weight is 280 g/mol. The number of ether oxygens (including phenoxy) is 2. The minimum Gasteiger partial charge on any atom is -0.374 e. The molecule has 20 heavy (non-hydrogen) atoms. The molecule has 2 unspecified atom stereocenters. The second kappa shape index (κ2) is 6.23. The first-order valence-electron chi connectivity index (χ1n) is 7.54. The van der Waals surface area contributed by atoms with E-state index >= 15 is 0 Å². The second-order valence-corrected chi connectivity index (χ2v) is 6.03. The Bertz CT molecular complexity index is 448. The van der Waals surface area contributed by atoms with Gasteiger partial charge in [0.2, 0.25) is 0 Å². The molecule has 3 heteroatoms. The smallest absolute Gasteiger partial charge is 0.128 e. The molecule has 0 saturated carbocycles. The first-order valence-corrected chi connectivity index (χ1v) is 7.54. The minimum atomic E-state index is -0.205. The van der Waals surface area contributed by atoms with Crippen LogP contribution in [0.5, 0.6) is 0 Å². The summed E-state index contributed by atoms with van der Waals surface area (Å²) >= 11 is 0. The molecule has 2 rings (SSSR count). The van der Waals surface area contributed by atoms with E-state index in [1.165, 1.54) is 6.07 Å². The molecular weight excluding hydrogens is 255 g/mol. The monoisotopic (exact) mass is 280 g/mol. The third-order valence-electron chi connectivity index (χ3n) is 4.55. The van der Waals surface area contributed by atoms with Crippen molar-refractivity contribution in [1.29, 1.82) is 0 Å². The molecule has 0 amide bonds. The minimum absolute atomic E-state index is 0.0304. The third-order valence-corrected chi connectivity index (χ3v) is 4.55. The van der Waals surface area contributed by atoms with E-state index in [2.05, 4.69) is 20.8 Å². The van der Waals surface area contributed by atoms with Crippen LogP contribution in [0.2, 0.25) is 0 Å². The molecule has 112 valence electrons. The molecule has 1 fully saturated rings. The van der Waals surface area contributed by atoms with Crippen LogP contribution in [0.15, 0.2) is 24.3 Å². The summed E-state index contributed by atoms with van der Waals surface area (Å²) in [5.41, 5.74) is 0.378. The highest BCUT2D eigenvalue weighted by molar-refractivity contribution is 5.16. The zero-order chi connectivity index (χ0) is 14.6. The molecule has 2 atom stereocenters. The molecule has 0 bridgehead atoms. The summed E-state index contributed by atoms with van der Waals surface area (Å²) < 4.78 is 25.6. The normalized spacial score (nSPS) is 29.8. The Hall–Kier alpha value is -0.930. The van der Waals surface area contributed by atoms with Crippen molar-refractivity contribution in [2.75, 3.05) is 6.61 Å². The van der Waals surface area contributed by atoms with E-state index in [0.717, 1.165) is 25.7 Å². The SMILES string of the molecule is CCC1(C)CCC(CC)(COCc2ccccc2F)O1. The van der Waals surface area contributed by atoms with Gasteiger partial charge in [-0.15, -0.1) is 0 Å². The molecule has 0 spiro atoms. The summed E-state index contributed by atoms with van der Waals surface area (Å²) in [6.07, 6.45) is 4.04. The zero-order valence-electron chi connectivity index (χ0n) is 12.7. The van der Waals surface area contributed by atoms with Crippen LogP contribution in [0.1, 0.15) is 52.0 Å². The van der Waals surface area contributed by atoms with E-state index in [9.17, 15) is 4.39 Å². The molecule has 1 aromatic carbocycles. The van der Waals surface area contributed by atoms with E-state index in [1.54, 1.807) is 12.1 Å². The fourth-order valence-corrected chi connectivity index (χ4v) is 2.78. The van der Waals surface area contributed by atoms with Gasteiger partial charge in [0.05, 0.1) is 24.4 Å². The average Bonchev–Trinajstić information content (AvgIpc) is 2.80. The van der Waals surface area contributed by atoms with Gasteiger partial charge in [-0.25, -0.2) is 4.39 Å². The molecule has 2 nitrogen and oxygen atoms in total. The zero-order valence-corrected chi connectivity index (χ0v) is 12.7. The lowest BCUT2D eigenvalue weighted by Gasteiger charge is -2.32. The van der Waals surface area contributed by atoms with E-state index in [4.69, 9.17) is 9.47 Å². The summed E-state index contributed by atoms with van der Waals surface area (Å²) in [7, 11) is 0. The van der Waals surface area contributed by atoms with Crippen molar-refractivity contribution in [3.63, 3.8) is 0 Å². The molecule has 0 N–H and O–H groups in total. The van der Waals surface area contributed by atoms with Gasteiger partial charge >= 0.3 is 0 Å². The number of rotatable bonds is 6. The van der Waals surface area contributed by atoms with Crippen LogP contribution in [-0.2, 0) is 16.1 Å². The van der Waals surface area contributed by atoms with E-state index in [0.29, 0.717) is 18.8 Å². The van der Waals surface area contributed by atoms with Crippen molar-refractivity contribution in [1.82, 2.24) is 0 Å². The Morgan fingerprint density at radius 3 is 2.55 bits per heavy atom. The van der Waals surface area contributed by atoms with Gasteiger partial charge in [-0.05, 0) is 38.7 Å². The maximum absolute atomic E-state index is 13.5. The van der Waals surface area contributed by atoms with Gasteiger partial charge in [0.1, 0.15) is 5.82 Å². The number of hydrogen-bond acceptors (Lipinski definition) is 2. The molecule has 1 aliphatic rings. The van der Waals surface area contributed by atoms with Gasteiger partial charge < -0.3 is 9.47 Å². The van der Waals surface area contributed by atoms with Crippen molar-refractivity contribution in [3.8, 4) is 0 Å². The summed E-state index contributed by atoms with van der Waals surface area (Å²) in [5, 5.41) is 0. The van der Waals surface area contributed by atoms with Gasteiger partial charge in [0, 0.05) is 5.56 Å². The van der Waals surface area contributed by atoms with Crippen molar-refractivity contribution in [2.24, 2.45) is 0 Å². The fraction of sp³-hybridized carbons (Fsp3) is 0.647. The largest absolute Gasteiger partial charge is 0.374 e. The first kappa shape index (κ1) is 15.5. The molecule has 0 aromatic heterocycles. The van der Waals surface area contributed by atoms with Gasteiger partial charge in [-0.1, -0.05) is 32.0 Å². The number of halogens is 1. The Morgan fingerprint density at radius 1 is 1.20 bits per heavy atom. The standard InChI is InChI=1S/C17H25FO2/c1-4-16(3)10-11-17(5-2,20-16)13-19-12-14-8-6-7-9-15(14)18/h6-9H,4-5,10-13H2,1-3H3. The summed E-state index contributed by atoms with van der Waals surface area (Å²) in [5.74, 6) is -0.205. The Balaban J connectivity index is 1.91. The molecule has 0 radical (unpaired) electrons. The van der Waals surface area contributed by atoms with Gasteiger partial charge in [-0.2, -0.15) is 0 Å². The molecule has 0 aliphatic carbocycles. The topological polar surface area (TPSA) is 18.5 Å². The Morgan fingerprint density at radius 2 is 1.95 bits per heavy atom. The summed E-state index contributed by atoms with van der Waals surface area (Å²) in [6.45, 7) is 7.30. The van der Waals surface area contributed by atoms with Crippen molar-refractivity contribution < 1.29 is 13.9 Å². The molecule has 1 heterocycles. The Kier molecular flexibility index (Phi) is 4.82. The lowest BCUT2D eigenvalue weighted by Crippen LogP contribution is -2.37. The summed E-state index contributed by atoms with van der Waals surface area (Å²) in [6, 6.07) is 6.75. The van der Waals surface area contributed by atoms with E-state index in [1.807, 2.05) is 6.07 Å². The maximum atomic E-state index is 13.5. The quantitative estimate of drug-likeness (QED) is 0.765. The van der Waals surface area contributed by atoms with Crippen molar-refractivity contribution in [2.45, 2.75) is 64.3 Å². The van der Waals surface area contributed by atoms with E-state index < -0.39 is 0 Å². The van der Waals surface area contributed by atoms with Gasteiger partial charge in [0.15, 0.2) is 0 Å². The lowest BCUT2D eigenvalue weighted by molar-refractivity contribution is -0.134. The first-order chi connectivity index (χ1) is 9.52. The second-order valence-electron chi connectivity index (χ2n) is 6.03. The van der Waals surface area contributed by atoms with Crippen molar-refractivity contribution in [3.05, 3.63) is 35.6 Å². The highest BCUT2D eigenvalue weighted by Crippen LogP contribution is 2.41. The van der Waals surface area contributed by atoms with Gasteiger partial charge in [0.25, 0.3) is 0 Å². The highest BCUT2D eigenvalue weighted by Gasteiger charge is 2.44. The molecular formula is C17H25FO2. The Labute approximate surface area is 121 Å². The van der Waals surface area contributed by atoms with E-state index in [-0.39, 0.29) is 17.0 Å². The summed E-state index contributed by atoms with van der Waals surface area (Å²) in [4.78, 5) is 0. The van der Waals surface area contributed by atoms with Crippen LogP contribution in [0.3, 0.4) is 0 Å². The number of hydrogen-bond donors (Lipinski definition) is 0.